The van der Waals surface area contributed by atoms with Crippen molar-refractivity contribution in [3.8, 4) is 22.5 Å². The third-order valence-corrected chi connectivity index (χ3v) is 7.45. The van der Waals surface area contributed by atoms with Gasteiger partial charge < -0.3 is 15.4 Å². The Morgan fingerprint density at radius 3 is 2.39 bits per heavy atom. The molecule has 0 saturated carbocycles. The molecule has 0 saturated heterocycles. The molecule has 8 heteroatoms. The van der Waals surface area contributed by atoms with Gasteiger partial charge in [-0.2, -0.15) is 0 Å². The first kappa shape index (κ1) is 25.6. The van der Waals surface area contributed by atoms with Crippen LogP contribution in [0.4, 0.5) is 5.69 Å². The summed E-state index contributed by atoms with van der Waals surface area (Å²) in [4.78, 5) is 13.4. The molecular formula is C30H34N6O2. The summed E-state index contributed by atoms with van der Waals surface area (Å²) in [5.41, 5.74) is 5.62. The van der Waals surface area contributed by atoms with Crippen LogP contribution in [0.5, 0.6) is 0 Å². The number of aromatic amines is 1. The minimum atomic E-state index is -0.566. The Kier molecular flexibility index (Phi) is 6.99. The van der Waals surface area contributed by atoms with Gasteiger partial charge in [-0.05, 0) is 71.5 Å². The van der Waals surface area contributed by atoms with E-state index < -0.39 is 11.3 Å². The number of nitrogens with one attached hydrogen (secondary N) is 3. The molecule has 8 nitrogen and oxygen atoms in total. The topological polar surface area (TPSA) is 105 Å². The molecule has 4 aromatic rings. The number of anilines is 1. The van der Waals surface area contributed by atoms with Gasteiger partial charge in [-0.25, -0.2) is 5.10 Å². The molecule has 3 N–H and O–H groups in total. The van der Waals surface area contributed by atoms with Crippen molar-refractivity contribution >= 4 is 11.6 Å². The number of aromatic nitrogens is 4. The van der Waals surface area contributed by atoms with Crippen molar-refractivity contribution in [1.29, 1.82) is 0 Å². The largest absolute Gasteiger partial charge is 0.374 e. The highest BCUT2D eigenvalue weighted by atomic mass is 16.5. The van der Waals surface area contributed by atoms with Gasteiger partial charge in [0, 0.05) is 24.8 Å². The number of carbonyl (C=O) groups excluding carboxylic acids is 1. The highest BCUT2D eigenvalue weighted by Crippen LogP contribution is 2.35. The van der Waals surface area contributed by atoms with Crippen molar-refractivity contribution in [3.05, 3.63) is 83.4 Å². The van der Waals surface area contributed by atoms with Crippen molar-refractivity contribution in [1.82, 2.24) is 25.9 Å². The van der Waals surface area contributed by atoms with Crippen LogP contribution >= 0.6 is 0 Å². The predicted molar refractivity (Wildman–Crippen MR) is 149 cm³/mol. The van der Waals surface area contributed by atoms with E-state index in [2.05, 4.69) is 68.5 Å². The van der Waals surface area contributed by atoms with Crippen LogP contribution in [0.15, 0.2) is 66.7 Å². The molecule has 2 heterocycles. The van der Waals surface area contributed by atoms with E-state index in [1.807, 2.05) is 50.2 Å². The summed E-state index contributed by atoms with van der Waals surface area (Å²) < 4.78 is 5.63. The number of nitrogens with zero attached hydrogens (tertiary/aromatic N) is 3. The van der Waals surface area contributed by atoms with E-state index in [4.69, 9.17) is 4.74 Å². The van der Waals surface area contributed by atoms with Crippen LogP contribution in [0.1, 0.15) is 61.5 Å². The lowest BCUT2D eigenvalue weighted by Gasteiger charge is -2.41. The Bertz CT molecular complexity index is 1420. The predicted octanol–water partition coefficient (Wildman–Crippen LogP) is 5.70. The Morgan fingerprint density at radius 1 is 0.947 bits per heavy atom. The lowest BCUT2D eigenvalue weighted by atomic mass is 9.88. The first-order valence-corrected chi connectivity index (χ1v) is 13.1. The van der Waals surface area contributed by atoms with E-state index >= 15 is 0 Å². The third-order valence-electron chi connectivity index (χ3n) is 7.45. The van der Waals surface area contributed by atoms with Crippen LogP contribution in [0.25, 0.3) is 22.5 Å². The number of hydrogen-bond donors (Lipinski definition) is 3. The zero-order chi connectivity index (χ0) is 26.8. The summed E-state index contributed by atoms with van der Waals surface area (Å²) >= 11 is 0. The molecule has 0 radical (unpaired) electrons. The first-order valence-electron chi connectivity index (χ1n) is 13.1. The molecule has 0 bridgehead atoms. The second kappa shape index (κ2) is 10.4. The summed E-state index contributed by atoms with van der Waals surface area (Å²) in [5.74, 6) is 0.572. The van der Waals surface area contributed by atoms with Crippen molar-refractivity contribution in [2.75, 3.05) is 12.4 Å². The minimum Gasteiger partial charge on any atom is -0.374 e. The molecule has 3 aromatic carbocycles. The smallest absolute Gasteiger partial charge is 0.255 e. The van der Waals surface area contributed by atoms with Gasteiger partial charge in [0.1, 0.15) is 5.66 Å². The average molecular weight is 511 g/mol. The number of ether oxygens (including phenoxy) is 1. The number of methoxy groups -OCH3 is 1. The molecule has 1 aliphatic rings. The zero-order valence-electron chi connectivity index (χ0n) is 22.3. The van der Waals surface area contributed by atoms with Gasteiger partial charge in [-0.1, -0.05) is 67.9 Å². The number of hydrogen-bond acceptors (Lipinski definition) is 6. The molecule has 0 spiro atoms. The average Bonchev–Trinajstić information content (AvgIpc) is 3.47. The van der Waals surface area contributed by atoms with Crippen LogP contribution < -0.4 is 10.6 Å². The van der Waals surface area contributed by atoms with Crippen molar-refractivity contribution < 1.29 is 9.53 Å². The summed E-state index contributed by atoms with van der Waals surface area (Å²) in [6.45, 7) is 6.17. The molecular weight excluding hydrogens is 476 g/mol. The van der Waals surface area contributed by atoms with Crippen LogP contribution in [0, 0.1) is 0 Å². The molecule has 1 aliphatic heterocycles. The number of rotatable bonds is 9. The molecule has 0 fully saturated rings. The van der Waals surface area contributed by atoms with E-state index in [1.54, 1.807) is 7.11 Å². The SMILES string of the molecule is CCCCC1(Cc2ccc(-c3ccccc3-c3nnn[nH]3)cc2)NC(=O)c2cc(C(C)(C)OC)ccc2N1. The van der Waals surface area contributed by atoms with Crippen LogP contribution in [0.3, 0.4) is 0 Å². The molecule has 5 rings (SSSR count). The van der Waals surface area contributed by atoms with Gasteiger partial charge in [0.2, 0.25) is 0 Å². The molecule has 196 valence electrons. The second-order valence-corrected chi connectivity index (χ2v) is 10.4. The van der Waals surface area contributed by atoms with Crippen molar-refractivity contribution in [2.24, 2.45) is 0 Å². The van der Waals surface area contributed by atoms with Gasteiger partial charge in [0.05, 0.1) is 11.2 Å². The zero-order valence-corrected chi connectivity index (χ0v) is 22.3. The monoisotopic (exact) mass is 510 g/mol. The second-order valence-electron chi connectivity index (χ2n) is 10.4. The minimum absolute atomic E-state index is 0.0604. The van der Waals surface area contributed by atoms with Gasteiger partial charge in [0.25, 0.3) is 5.91 Å². The van der Waals surface area contributed by atoms with Crippen LogP contribution in [0.2, 0.25) is 0 Å². The standard InChI is InChI=1S/C30H34N6O2/c1-5-6-17-30(31-26-16-15-22(29(2,3)38-4)18-25(26)28(37)32-30)19-20-11-13-21(14-12-20)23-9-7-8-10-24(23)27-33-35-36-34-27/h7-16,18,31H,5-6,17,19H2,1-4H3,(H,32,37)(H,33,34,35,36). The fraction of sp³-hybridized carbons (Fsp3) is 0.333. The van der Waals surface area contributed by atoms with Gasteiger partial charge in [-0.15, -0.1) is 5.10 Å². The molecule has 1 unspecified atom stereocenters. The molecule has 1 atom stereocenters. The lowest BCUT2D eigenvalue weighted by molar-refractivity contribution is 0.0192. The fourth-order valence-electron chi connectivity index (χ4n) is 5.05. The van der Waals surface area contributed by atoms with Gasteiger partial charge in [0.15, 0.2) is 5.82 Å². The number of amides is 1. The number of unbranched alkanes of at least 4 members (excludes halogenated alkanes) is 1. The number of carbonyl (C=O) groups is 1. The summed E-state index contributed by atoms with van der Waals surface area (Å²) in [6.07, 6.45) is 3.52. The van der Waals surface area contributed by atoms with Crippen LogP contribution in [-0.2, 0) is 16.8 Å². The number of tetrazole rings is 1. The highest BCUT2D eigenvalue weighted by Gasteiger charge is 2.38. The normalized spacial score (nSPS) is 17.0. The molecule has 1 amide bonds. The number of fused-ring (bicyclic) bond motifs is 1. The van der Waals surface area contributed by atoms with Gasteiger partial charge >= 0.3 is 0 Å². The first-order chi connectivity index (χ1) is 18.3. The quantitative estimate of drug-likeness (QED) is 0.267. The van der Waals surface area contributed by atoms with E-state index in [1.165, 1.54) is 0 Å². The maximum absolute atomic E-state index is 13.4. The van der Waals surface area contributed by atoms with E-state index in [0.29, 0.717) is 17.8 Å². The maximum Gasteiger partial charge on any atom is 0.255 e. The van der Waals surface area contributed by atoms with Crippen molar-refractivity contribution in [2.45, 2.75) is 57.7 Å². The Morgan fingerprint density at radius 2 is 1.71 bits per heavy atom. The molecule has 0 aliphatic carbocycles. The van der Waals surface area contributed by atoms with E-state index in [0.717, 1.165) is 52.8 Å². The van der Waals surface area contributed by atoms with Gasteiger partial charge in [-0.3, -0.25) is 4.79 Å². The number of H-pyrrole nitrogens is 1. The fourth-order valence-corrected chi connectivity index (χ4v) is 5.05. The molecule has 1 aromatic heterocycles. The Balaban J connectivity index is 1.42. The Hall–Kier alpha value is -4.04. The van der Waals surface area contributed by atoms with E-state index in [-0.39, 0.29) is 5.91 Å². The maximum atomic E-state index is 13.4. The summed E-state index contributed by atoms with van der Waals surface area (Å²) in [7, 11) is 1.68. The molecule has 38 heavy (non-hydrogen) atoms. The Labute approximate surface area is 223 Å². The highest BCUT2D eigenvalue weighted by molar-refractivity contribution is 6.02. The summed E-state index contributed by atoms with van der Waals surface area (Å²) in [5, 5.41) is 21.4. The van der Waals surface area contributed by atoms with Crippen LogP contribution in [-0.4, -0.2) is 39.3 Å². The van der Waals surface area contributed by atoms with Crippen molar-refractivity contribution in [3.63, 3.8) is 0 Å². The number of benzene rings is 3. The summed E-state index contributed by atoms with van der Waals surface area (Å²) in [6, 6.07) is 22.5. The van der Waals surface area contributed by atoms with E-state index in [9.17, 15) is 4.79 Å². The third kappa shape index (κ3) is 5.04. The lowest BCUT2D eigenvalue weighted by Crippen LogP contribution is -2.59.